The molecule has 0 saturated heterocycles. The van der Waals surface area contributed by atoms with Crippen LogP contribution in [0.25, 0.3) is 22.5 Å². The zero-order valence-electron chi connectivity index (χ0n) is 14.6. The van der Waals surface area contributed by atoms with Gasteiger partial charge in [0.1, 0.15) is 23.6 Å². The summed E-state index contributed by atoms with van der Waals surface area (Å²) in [5.74, 6) is 0. The minimum atomic E-state index is -0.180. The number of anilines is 1. The molecule has 0 amide bonds. The molecule has 1 aliphatic rings. The van der Waals surface area contributed by atoms with Crippen molar-refractivity contribution in [3.8, 4) is 29.5 Å². The molecule has 1 heterocycles. The van der Waals surface area contributed by atoms with Crippen LogP contribution in [0.1, 0.15) is 11.1 Å². The molecular formula is C22H12N6. The Morgan fingerprint density at radius 3 is 2.18 bits per heavy atom. The normalized spacial score (nSPS) is 10.7. The molecule has 0 atom stereocenters. The van der Waals surface area contributed by atoms with Gasteiger partial charge in [-0.2, -0.15) is 15.8 Å². The van der Waals surface area contributed by atoms with Gasteiger partial charge in [0.05, 0.1) is 22.6 Å². The Bertz CT molecular complexity index is 1320. The van der Waals surface area contributed by atoms with Crippen molar-refractivity contribution in [1.82, 2.24) is 10.4 Å². The second-order valence-electron chi connectivity index (χ2n) is 6.03. The van der Waals surface area contributed by atoms with E-state index in [1.165, 1.54) is 0 Å². The van der Waals surface area contributed by atoms with Crippen molar-refractivity contribution in [2.45, 2.75) is 0 Å². The smallest absolute Gasteiger partial charge is 0.156 e. The predicted molar refractivity (Wildman–Crippen MR) is 104 cm³/mol. The minimum absolute atomic E-state index is 0.110. The van der Waals surface area contributed by atoms with Crippen LogP contribution in [0.15, 0.2) is 60.7 Å². The van der Waals surface area contributed by atoms with Crippen molar-refractivity contribution >= 4 is 17.0 Å². The maximum absolute atomic E-state index is 9.53. The monoisotopic (exact) mass is 360 g/mol. The van der Waals surface area contributed by atoms with Crippen molar-refractivity contribution in [2.24, 2.45) is 0 Å². The largest absolute Gasteiger partial charge is 0.301 e. The molecule has 0 fully saturated rings. The van der Waals surface area contributed by atoms with E-state index in [1.807, 2.05) is 72.8 Å². The van der Waals surface area contributed by atoms with E-state index in [9.17, 15) is 15.8 Å². The Morgan fingerprint density at radius 2 is 1.50 bits per heavy atom. The highest BCUT2D eigenvalue weighted by molar-refractivity contribution is 5.88. The van der Waals surface area contributed by atoms with Gasteiger partial charge in [0.2, 0.25) is 0 Å². The van der Waals surface area contributed by atoms with E-state index >= 15 is 0 Å². The van der Waals surface area contributed by atoms with Gasteiger partial charge >= 0.3 is 0 Å². The topological polar surface area (TPSA) is 108 Å². The average molecular weight is 360 g/mol. The van der Waals surface area contributed by atoms with Gasteiger partial charge in [-0.25, -0.2) is 4.98 Å². The summed E-state index contributed by atoms with van der Waals surface area (Å²) in [6.07, 6.45) is 0. The van der Waals surface area contributed by atoms with E-state index in [0.717, 1.165) is 27.7 Å². The lowest BCUT2D eigenvalue weighted by molar-refractivity contribution is 1.07. The maximum atomic E-state index is 9.53. The lowest BCUT2D eigenvalue weighted by Crippen LogP contribution is -2.28. The Hall–Kier alpha value is -4.60. The number of aromatic nitrogens is 1. The number of nitrogens with zero attached hydrogens (tertiary/aromatic N) is 4. The second-order valence-corrected chi connectivity index (χ2v) is 6.03. The van der Waals surface area contributed by atoms with Crippen molar-refractivity contribution in [2.75, 3.05) is 5.43 Å². The first kappa shape index (κ1) is 16.8. The second kappa shape index (κ2) is 6.96. The molecule has 0 aliphatic heterocycles. The Kier molecular flexibility index (Phi) is 4.19. The summed E-state index contributed by atoms with van der Waals surface area (Å²) in [5, 5.41) is 28.8. The van der Waals surface area contributed by atoms with Crippen molar-refractivity contribution in [3.63, 3.8) is 0 Å². The molecule has 0 saturated carbocycles. The predicted octanol–water partition coefficient (Wildman–Crippen LogP) is 1.90. The molecule has 0 radical (unpaired) electrons. The fourth-order valence-electron chi connectivity index (χ4n) is 3.16. The molecule has 0 unspecified atom stereocenters. The molecular weight excluding hydrogens is 348 g/mol. The lowest BCUT2D eigenvalue weighted by Gasteiger charge is -2.12. The van der Waals surface area contributed by atoms with Crippen LogP contribution < -0.4 is 21.4 Å². The number of benzene rings is 2. The molecule has 2 N–H and O–H groups in total. The number of nitriles is 3. The van der Waals surface area contributed by atoms with Gasteiger partial charge in [-0.15, -0.1) is 0 Å². The molecule has 130 valence electrons. The van der Waals surface area contributed by atoms with Crippen LogP contribution in [-0.2, 0) is 0 Å². The summed E-state index contributed by atoms with van der Waals surface area (Å²) >= 11 is 0. The van der Waals surface area contributed by atoms with Gasteiger partial charge in [0.25, 0.3) is 0 Å². The Morgan fingerprint density at radius 1 is 0.821 bits per heavy atom. The van der Waals surface area contributed by atoms with Crippen molar-refractivity contribution in [1.29, 1.82) is 15.8 Å². The first-order valence-electron chi connectivity index (χ1n) is 8.43. The van der Waals surface area contributed by atoms with Crippen LogP contribution in [0.3, 0.4) is 0 Å². The third-order valence-electron chi connectivity index (χ3n) is 4.43. The number of hydrogen-bond donors (Lipinski definition) is 2. The van der Waals surface area contributed by atoms with E-state index in [1.54, 1.807) is 6.07 Å². The van der Waals surface area contributed by atoms with Crippen molar-refractivity contribution in [3.05, 3.63) is 82.4 Å². The number of rotatable bonds is 3. The summed E-state index contributed by atoms with van der Waals surface area (Å²) in [5.41, 5.74) is 10.5. The van der Waals surface area contributed by atoms with Crippen LogP contribution >= 0.6 is 0 Å². The van der Waals surface area contributed by atoms with Crippen LogP contribution in [0, 0.1) is 34.0 Å². The molecule has 2 aromatic carbocycles. The number of nitrogens with one attached hydrogen (secondary N) is 2. The fourth-order valence-corrected chi connectivity index (χ4v) is 3.16. The van der Waals surface area contributed by atoms with E-state index in [2.05, 4.69) is 15.8 Å². The molecule has 4 rings (SSSR count). The van der Waals surface area contributed by atoms with Gasteiger partial charge in [-0.3, -0.25) is 5.43 Å². The summed E-state index contributed by atoms with van der Waals surface area (Å²) in [6.45, 7) is 0. The number of para-hydroxylation sites is 1. The van der Waals surface area contributed by atoms with E-state index in [0.29, 0.717) is 5.69 Å². The quantitative estimate of drug-likeness (QED) is 0.691. The standard InChI is InChI=1S/C22H12N6/c23-11-14-10-19-21(26-20(14)15(12-24)13-25)17-8-4-5-9-18(17)22(19)28-27-16-6-2-1-3-7-16/h1-10,27-28H. The van der Waals surface area contributed by atoms with Gasteiger partial charge in [0, 0.05) is 16.3 Å². The zero-order chi connectivity index (χ0) is 19.5. The number of hydrazine groups is 1. The van der Waals surface area contributed by atoms with Gasteiger partial charge < -0.3 is 5.43 Å². The van der Waals surface area contributed by atoms with Crippen LogP contribution in [0.5, 0.6) is 0 Å². The number of hydrogen-bond acceptors (Lipinski definition) is 6. The summed E-state index contributed by atoms with van der Waals surface area (Å²) in [6, 6.07) is 24.7. The minimum Gasteiger partial charge on any atom is -0.301 e. The van der Waals surface area contributed by atoms with Gasteiger partial charge in [-0.1, -0.05) is 42.5 Å². The first-order chi connectivity index (χ1) is 13.8. The van der Waals surface area contributed by atoms with E-state index < -0.39 is 0 Å². The highest BCUT2D eigenvalue weighted by Crippen LogP contribution is 2.28. The Balaban J connectivity index is 1.96. The number of fused-ring (bicyclic) bond motifs is 3. The summed E-state index contributed by atoms with van der Waals surface area (Å²) in [7, 11) is 0. The highest BCUT2D eigenvalue weighted by Gasteiger charge is 2.22. The maximum Gasteiger partial charge on any atom is 0.156 e. The molecule has 1 aliphatic carbocycles. The molecule has 6 heteroatoms. The SMILES string of the molecule is N#CC(C#N)=c1nc2c(cc1C#N)=C(NNc1ccccc1)c1ccccc1-2. The summed E-state index contributed by atoms with van der Waals surface area (Å²) in [4.78, 5) is 4.52. The van der Waals surface area contributed by atoms with Crippen molar-refractivity contribution < 1.29 is 0 Å². The molecule has 1 aromatic heterocycles. The first-order valence-corrected chi connectivity index (χ1v) is 8.43. The third-order valence-corrected chi connectivity index (χ3v) is 4.43. The number of pyridine rings is 1. The van der Waals surface area contributed by atoms with E-state index in [-0.39, 0.29) is 16.5 Å². The molecule has 0 bridgehead atoms. The van der Waals surface area contributed by atoms with Crippen LogP contribution in [0.4, 0.5) is 5.69 Å². The van der Waals surface area contributed by atoms with Crippen LogP contribution in [-0.4, -0.2) is 4.98 Å². The molecule has 3 aromatic rings. The van der Waals surface area contributed by atoms with Gasteiger partial charge in [-0.05, 0) is 18.2 Å². The molecule has 28 heavy (non-hydrogen) atoms. The summed E-state index contributed by atoms with van der Waals surface area (Å²) < 4.78 is 0. The molecule has 0 spiro atoms. The Labute approximate surface area is 160 Å². The zero-order valence-corrected chi connectivity index (χ0v) is 14.6. The fraction of sp³-hybridized carbons (Fsp3) is 0. The highest BCUT2D eigenvalue weighted by atomic mass is 15.4. The lowest BCUT2D eigenvalue weighted by atomic mass is 10.1. The third kappa shape index (κ3) is 2.70. The average Bonchev–Trinajstić information content (AvgIpc) is 3.06. The van der Waals surface area contributed by atoms with Crippen LogP contribution in [0.2, 0.25) is 0 Å². The molecule has 6 nitrogen and oxygen atoms in total. The van der Waals surface area contributed by atoms with Gasteiger partial charge in [0.15, 0.2) is 5.57 Å². The van der Waals surface area contributed by atoms with E-state index in [4.69, 9.17) is 0 Å².